The maximum absolute atomic E-state index is 13.0. The molecule has 4 heteroatoms. The summed E-state index contributed by atoms with van der Waals surface area (Å²) in [5.74, 6) is -0.820. The van der Waals surface area contributed by atoms with Gasteiger partial charge in [-0.25, -0.2) is 8.78 Å². The van der Waals surface area contributed by atoms with Crippen molar-refractivity contribution in [1.29, 1.82) is 0 Å². The lowest BCUT2D eigenvalue weighted by atomic mass is 10.3. The molecule has 1 nitrogen and oxygen atoms in total. The molecular formula is C9H11F2NS. The Morgan fingerprint density at radius 3 is 2.77 bits per heavy atom. The van der Waals surface area contributed by atoms with Crippen molar-refractivity contribution in [2.45, 2.75) is 17.1 Å². The van der Waals surface area contributed by atoms with Crippen molar-refractivity contribution >= 4 is 11.8 Å². The van der Waals surface area contributed by atoms with Gasteiger partial charge in [-0.2, -0.15) is 0 Å². The van der Waals surface area contributed by atoms with Crippen LogP contribution in [0.3, 0.4) is 0 Å². The van der Waals surface area contributed by atoms with E-state index in [1.54, 1.807) is 0 Å². The Hall–Kier alpha value is -0.610. The van der Waals surface area contributed by atoms with Gasteiger partial charge in [-0.3, -0.25) is 0 Å². The molecule has 0 amide bonds. The highest BCUT2D eigenvalue weighted by Gasteiger charge is 2.07. The van der Waals surface area contributed by atoms with Gasteiger partial charge in [-0.15, -0.1) is 11.8 Å². The fourth-order valence-corrected chi connectivity index (χ4v) is 1.72. The zero-order chi connectivity index (χ0) is 9.84. The topological polar surface area (TPSA) is 26.0 Å². The minimum atomic E-state index is -0.423. The average molecular weight is 203 g/mol. The molecule has 1 unspecified atom stereocenters. The standard InChI is InChI=1S/C9H11F2NS/c1-6(5-12)13-9-4-7(10)2-3-8(9)11/h2-4,6H,5,12H2,1H3. The Labute approximate surface area is 80.3 Å². The molecule has 0 saturated heterocycles. The summed E-state index contributed by atoms with van der Waals surface area (Å²) in [6.45, 7) is 2.32. The van der Waals surface area contributed by atoms with E-state index in [9.17, 15) is 8.78 Å². The molecule has 13 heavy (non-hydrogen) atoms. The Morgan fingerprint density at radius 2 is 2.15 bits per heavy atom. The molecule has 1 aromatic carbocycles. The summed E-state index contributed by atoms with van der Waals surface area (Å²) in [6.07, 6.45) is 0. The largest absolute Gasteiger partial charge is 0.329 e. The summed E-state index contributed by atoms with van der Waals surface area (Å²) in [7, 11) is 0. The van der Waals surface area contributed by atoms with Crippen LogP contribution in [0.15, 0.2) is 23.1 Å². The zero-order valence-corrected chi connectivity index (χ0v) is 8.07. The molecule has 0 radical (unpaired) electrons. The molecule has 0 aliphatic heterocycles. The first-order chi connectivity index (χ1) is 6.13. The fraction of sp³-hybridized carbons (Fsp3) is 0.333. The number of benzene rings is 1. The highest BCUT2D eigenvalue weighted by Crippen LogP contribution is 2.25. The van der Waals surface area contributed by atoms with E-state index in [0.29, 0.717) is 11.4 Å². The molecule has 0 spiro atoms. The summed E-state index contributed by atoms with van der Waals surface area (Å²) < 4.78 is 25.7. The molecule has 0 aromatic heterocycles. The van der Waals surface area contributed by atoms with Gasteiger partial charge < -0.3 is 5.73 Å². The van der Waals surface area contributed by atoms with Gasteiger partial charge in [0.1, 0.15) is 11.6 Å². The number of nitrogens with two attached hydrogens (primary N) is 1. The van der Waals surface area contributed by atoms with Gasteiger partial charge in [0.25, 0.3) is 0 Å². The fourth-order valence-electron chi connectivity index (χ4n) is 0.832. The first-order valence-corrected chi connectivity index (χ1v) is 4.83. The molecule has 0 bridgehead atoms. The van der Waals surface area contributed by atoms with Crippen molar-refractivity contribution in [3.05, 3.63) is 29.8 Å². The molecule has 0 heterocycles. The van der Waals surface area contributed by atoms with Crippen molar-refractivity contribution in [1.82, 2.24) is 0 Å². The Morgan fingerprint density at radius 1 is 1.46 bits per heavy atom. The molecule has 0 saturated carbocycles. The molecule has 0 fully saturated rings. The van der Waals surface area contributed by atoms with Crippen LogP contribution in [0.25, 0.3) is 0 Å². The van der Waals surface area contributed by atoms with Gasteiger partial charge in [-0.1, -0.05) is 6.92 Å². The highest BCUT2D eigenvalue weighted by atomic mass is 32.2. The second-order valence-corrected chi connectivity index (χ2v) is 4.22. The van der Waals surface area contributed by atoms with E-state index >= 15 is 0 Å². The van der Waals surface area contributed by atoms with Crippen LogP contribution < -0.4 is 5.73 Å². The lowest BCUT2D eigenvalue weighted by molar-refractivity contribution is 0.576. The number of halogens is 2. The van der Waals surface area contributed by atoms with Crippen molar-refractivity contribution in [3.8, 4) is 0 Å². The summed E-state index contributed by atoms with van der Waals surface area (Å²) in [5.41, 5.74) is 5.37. The monoisotopic (exact) mass is 203 g/mol. The van der Waals surface area contributed by atoms with Crippen LogP contribution in [0, 0.1) is 11.6 Å². The van der Waals surface area contributed by atoms with Crippen molar-refractivity contribution < 1.29 is 8.78 Å². The lowest BCUT2D eigenvalue weighted by Gasteiger charge is -2.08. The van der Waals surface area contributed by atoms with E-state index in [2.05, 4.69) is 0 Å². The minimum Gasteiger partial charge on any atom is -0.329 e. The number of hydrogen-bond donors (Lipinski definition) is 1. The molecule has 1 aromatic rings. The van der Waals surface area contributed by atoms with Crippen molar-refractivity contribution in [2.75, 3.05) is 6.54 Å². The number of hydrogen-bond acceptors (Lipinski definition) is 2. The van der Waals surface area contributed by atoms with Crippen LogP contribution in [0.2, 0.25) is 0 Å². The predicted molar refractivity (Wildman–Crippen MR) is 50.7 cm³/mol. The van der Waals surface area contributed by atoms with E-state index in [-0.39, 0.29) is 5.25 Å². The zero-order valence-electron chi connectivity index (χ0n) is 7.26. The molecular weight excluding hydrogens is 192 g/mol. The lowest BCUT2D eigenvalue weighted by Crippen LogP contribution is -2.12. The third-order valence-electron chi connectivity index (χ3n) is 1.55. The number of thioether (sulfide) groups is 1. The second kappa shape index (κ2) is 4.58. The van der Waals surface area contributed by atoms with E-state index in [4.69, 9.17) is 5.73 Å². The highest BCUT2D eigenvalue weighted by molar-refractivity contribution is 8.00. The molecule has 2 N–H and O–H groups in total. The van der Waals surface area contributed by atoms with Crippen LogP contribution in [0.4, 0.5) is 8.78 Å². The van der Waals surface area contributed by atoms with Gasteiger partial charge in [0, 0.05) is 16.7 Å². The predicted octanol–water partition coefficient (Wildman–Crippen LogP) is 2.40. The molecule has 0 aliphatic carbocycles. The molecule has 1 rings (SSSR count). The second-order valence-electron chi connectivity index (χ2n) is 2.74. The van der Waals surface area contributed by atoms with Crippen molar-refractivity contribution in [2.24, 2.45) is 5.73 Å². The quantitative estimate of drug-likeness (QED) is 0.763. The Balaban J connectivity index is 2.81. The summed E-state index contributed by atoms with van der Waals surface area (Å²) in [5, 5.41) is 0.0938. The SMILES string of the molecule is CC(CN)Sc1cc(F)ccc1F. The Kier molecular flexibility index (Phi) is 3.69. The first-order valence-electron chi connectivity index (χ1n) is 3.95. The van der Waals surface area contributed by atoms with Crippen LogP contribution >= 0.6 is 11.8 Å². The molecule has 72 valence electrons. The van der Waals surface area contributed by atoms with E-state index < -0.39 is 11.6 Å². The first kappa shape index (κ1) is 10.5. The van der Waals surface area contributed by atoms with Crippen LogP contribution in [-0.2, 0) is 0 Å². The normalized spacial score (nSPS) is 12.9. The van der Waals surface area contributed by atoms with Gasteiger partial charge in [-0.05, 0) is 18.2 Å². The summed E-state index contributed by atoms with van der Waals surface area (Å²) in [6, 6.07) is 3.42. The van der Waals surface area contributed by atoms with Crippen LogP contribution in [0.1, 0.15) is 6.92 Å². The van der Waals surface area contributed by atoms with Gasteiger partial charge >= 0.3 is 0 Å². The van der Waals surface area contributed by atoms with Crippen molar-refractivity contribution in [3.63, 3.8) is 0 Å². The maximum Gasteiger partial charge on any atom is 0.136 e. The molecule has 0 aliphatic rings. The Bertz CT molecular complexity index is 291. The van der Waals surface area contributed by atoms with E-state index in [1.807, 2.05) is 6.92 Å². The molecule has 1 atom stereocenters. The third-order valence-corrected chi connectivity index (χ3v) is 2.71. The van der Waals surface area contributed by atoms with Crippen LogP contribution in [-0.4, -0.2) is 11.8 Å². The third kappa shape index (κ3) is 2.97. The van der Waals surface area contributed by atoms with Gasteiger partial charge in [0.15, 0.2) is 0 Å². The summed E-state index contributed by atoms with van der Waals surface area (Å²) in [4.78, 5) is 0.318. The minimum absolute atomic E-state index is 0.0938. The van der Waals surface area contributed by atoms with Crippen LogP contribution in [0.5, 0.6) is 0 Å². The van der Waals surface area contributed by atoms with Gasteiger partial charge in [0.2, 0.25) is 0 Å². The smallest absolute Gasteiger partial charge is 0.136 e. The maximum atomic E-state index is 13.0. The number of rotatable bonds is 3. The van der Waals surface area contributed by atoms with E-state index in [0.717, 1.165) is 12.1 Å². The van der Waals surface area contributed by atoms with E-state index in [1.165, 1.54) is 17.8 Å². The van der Waals surface area contributed by atoms with Gasteiger partial charge in [0.05, 0.1) is 0 Å². The average Bonchev–Trinajstić information content (AvgIpc) is 2.11. The summed E-state index contributed by atoms with van der Waals surface area (Å²) >= 11 is 1.24.